The fourth-order valence-electron chi connectivity index (χ4n) is 3.22. The van der Waals surface area contributed by atoms with Crippen LogP contribution in [0.2, 0.25) is 0 Å². The SMILES string of the molecule is CCc1cc(C(N)CC(C)C)nc2c(-c3ccncc3)cccc12. The number of hydrogen-bond acceptors (Lipinski definition) is 3. The minimum Gasteiger partial charge on any atom is -0.323 e. The van der Waals surface area contributed by atoms with Crippen LogP contribution in [0.4, 0.5) is 0 Å². The Morgan fingerprint density at radius 1 is 1.08 bits per heavy atom. The van der Waals surface area contributed by atoms with Crippen molar-refractivity contribution >= 4 is 10.9 Å². The fourth-order valence-corrected chi connectivity index (χ4v) is 3.22. The Bertz CT molecular complexity index is 825. The predicted molar refractivity (Wildman–Crippen MR) is 101 cm³/mol. The van der Waals surface area contributed by atoms with Gasteiger partial charge in [-0.25, -0.2) is 0 Å². The third-order valence-electron chi connectivity index (χ3n) is 4.42. The van der Waals surface area contributed by atoms with Gasteiger partial charge in [0.05, 0.1) is 11.2 Å². The summed E-state index contributed by atoms with van der Waals surface area (Å²) in [6.45, 7) is 6.58. The standard InChI is InChI=1S/C21H25N3/c1-4-15-13-20(19(22)12-14(2)3)24-21-17(15)6-5-7-18(21)16-8-10-23-11-9-16/h5-11,13-14,19H,4,12,22H2,1-3H3. The highest BCUT2D eigenvalue weighted by Crippen LogP contribution is 2.31. The molecule has 3 heteroatoms. The van der Waals surface area contributed by atoms with E-state index in [1.807, 2.05) is 24.5 Å². The first-order valence-electron chi connectivity index (χ1n) is 8.68. The van der Waals surface area contributed by atoms with E-state index in [0.717, 1.165) is 35.2 Å². The Hall–Kier alpha value is -2.26. The number of hydrogen-bond donors (Lipinski definition) is 1. The van der Waals surface area contributed by atoms with Crippen molar-refractivity contribution in [3.8, 4) is 11.1 Å². The van der Waals surface area contributed by atoms with E-state index in [4.69, 9.17) is 10.7 Å². The van der Waals surface area contributed by atoms with Crippen LogP contribution in [0.25, 0.3) is 22.0 Å². The molecular formula is C21H25N3. The molecule has 0 aliphatic heterocycles. The van der Waals surface area contributed by atoms with E-state index < -0.39 is 0 Å². The van der Waals surface area contributed by atoms with Crippen molar-refractivity contribution in [2.75, 3.05) is 0 Å². The summed E-state index contributed by atoms with van der Waals surface area (Å²) < 4.78 is 0. The molecule has 0 radical (unpaired) electrons. The second-order valence-electron chi connectivity index (χ2n) is 6.73. The van der Waals surface area contributed by atoms with Gasteiger partial charge in [-0.2, -0.15) is 0 Å². The highest BCUT2D eigenvalue weighted by Gasteiger charge is 2.15. The molecule has 1 atom stereocenters. The Labute approximate surface area is 144 Å². The number of para-hydroxylation sites is 1. The topological polar surface area (TPSA) is 51.8 Å². The van der Waals surface area contributed by atoms with Crippen LogP contribution < -0.4 is 5.73 Å². The van der Waals surface area contributed by atoms with Gasteiger partial charge in [-0.3, -0.25) is 9.97 Å². The molecule has 0 aliphatic rings. The summed E-state index contributed by atoms with van der Waals surface area (Å²) in [7, 11) is 0. The number of nitrogens with zero attached hydrogens (tertiary/aromatic N) is 2. The second-order valence-corrected chi connectivity index (χ2v) is 6.73. The molecule has 1 unspecified atom stereocenters. The molecular weight excluding hydrogens is 294 g/mol. The Balaban J connectivity index is 2.21. The molecule has 0 amide bonds. The van der Waals surface area contributed by atoms with E-state index in [1.165, 1.54) is 10.9 Å². The lowest BCUT2D eigenvalue weighted by Crippen LogP contribution is -2.15. The lowest BCUT2D eigenvalue weighted by molar-refractivity contribution is 0.503. The molecule has 0 saturated carbocycles. The van der Waals surface area contributed by atoms with Gasteiger partial charge in [0.25, 0.3) is 0 Å². The zero-order valence-corrected chi connectivity index (χ0v) is 14.7. The number of pyridine rings is 2. The molecule has 3 rings (SSSR count). The molecule has 24 heavy (non-hydrogen) atoms. The van der Waals surface area contributed by atoms with E-state index in [0.29, 0.717) is 5.92 Å². The number of rotatable bonds is 5. The average Bonchev–Trinajstić information content (AvgIpc) is 2.60. The van der Waals surface area contributed by atoms with Crippen molar-refractivity contribution in [2.24, 2.45) is 11.7 Å². The summed E-state index contributed by atoms with van der Waals surface area (Å²) in [4.78, 5) is 9.09. The summed E-state index contributed by atoms with van der Waals surface area (Å²) in [6, 6.07) is 12.6. The zero-order chi connectivity index (χ0) is 17.1. The molecule has 3 aromatic rings. The zero-order valence-electron chi connectivity index (χ0n) is 14.7. The van der Waals surface area contributed by atoms with E-state index in [2.05, 4.69) is 50.0 Å². The molecule has 0 saturated heterocycles. The largest absolute Gasteiger partial charge is 0.323 e. The van der Waals surface area contributed by atoms with E-state index in [9.17, 15) is 0 Å². The molecule has 0 bridgehead atoms. The van der Waals surface area contributed by atoms with Crippen molar-refractivity contribution in [3.63, 3.8) is 0 Å². The first-order valence-corrected chi connectivity index (χ1v) is 8.68. The van der Waals surface area contributed by atoms with Gasteiger partial charge in [0.2, 0.25) is 0 Å². The van der Waals surface area contributed by atoms with Crippen molar-refractivity contribution in [1.82, 2.24) is 9.97 Å². The molecule has 0 aliphatic carbocycles. The third kappa shape index (κ3) is 3.31. The van der Waals surface area contributed by atoms with Crippen molar-refractivity contribution in [3.05, 3.63) is 60.0 Å². The molecule has 2 heterocycles. The molecule has 1 aromatic carbocycles. The first-order chi connectivity index (χ1) is 11.6. The minimum absolute atomic E-state index is 0.0230. The quantitative estimate of drug-likeness (QED) is 0.727. The van der Waals surface area contributed by atoms with Gasteiger partial charge in [0.15, 0.2) is 0 Å². The highest BCUT2D eigenvalue weighted by molar-refractivity contribution is 5.95. The number of benzene rings is 1. The summed E-state index contributed by atoms with van der Waals surface area (Å²) in [5.74, 6) is 0.554. The summed E-state index contributed by atoms with van der Waals surface area (Å²) >= 11 is 0. The average molecular weight is 319 g/mol. The van der Waals surface area contributed by atoms with Crippen LogP contribution in [0.3, 0.4) is 0 Å². The monoisotopic (exact) mass is 319 g/mol. The van der Waals surface area contributed by atoms with Gasteiger partial charge in [-0.05, 0) is 48.1 Å². The van der Waals surface area contributed by atoms with Gasteiger partial charge in [-0.15, -0.1) is 0 Å². The number of aromatic nitrogens is 2. The maximum Gasteiger partial charge on any atom is 0.0787 e. The summed E-state index contributed by atoms with van der Waals surface area (Å²) in [6.07, 6.45) is 5.56. The van der Waals surface area contributed by atoms with Crippen molar-refractivity contribution < 1.29 is 0 Å². The highest BCUT2D eigenvalue weighted by atomic mass is 14.8. The van der Waals surface area contributed by atoms with Crippen LogP contribution in [-0.4, -0.2) is 9.97 Å². The molecule has 2 N–H and O–H groups in total. The predicted octanol–water partition coefficient (Wildman–Crippen LogP) is 4.91. The number of aryl methyl sites for hydroxylation is 1. The van der Waals surface area contributed by atoms with E-state index in [1.54, 1.807) is 0 Å². The summed E-state index contributed by atoms with van der Waals surface area (Å²) in [5, 5.41) is 1.22. The molecule has 3 nitrogen and oxygen atoms in total. The van der Waals surface area contributed by atoms with Crippen LogP contribution in [0.15, 0.2) is 48.8 Å². The maximum atomic E-state index is 6.43. The van der Waals surface area contributed by atoms with E-state index in [-0.39, 0.29) is 6.04 Å². The first kappa shape index (κ1) is 16.6. The smallest absolute Gasteiger partial charge is 0.0787 e. The summed E-state index contributed by atoms with van der Waals surface area (Å²) in [5.41, 5.74) is 12.1. The molecule has 2 aromatic heterocycles. The van der Waals surface area contributed by atoms with Gasteiger partial charge in [-0.1, -0.05) is 39.0 Å². The van der Waals surface area contributed by atoms with Crippen LogP contribution in [0, 0.1) is 5.92 Å². The van der Waals surface area contributed by atoms with Crippen LogP contribution in [-0.2, 0) is 6.42 Å². The lowest BCUT2D eigenvalue weighted by atomic mass is 9.95. The Kier molecular flexibility index (Phi) is 4.91. The van der Waals surface area contributed by atoms with Gasteiger partial charge in [0, 0.05) is 29.4 Å². The molecule has 0 fully saturated rings. The minimum atomic E-state index is -0.0230. The third-order valence-corrected chi connectivity index (χ3v) is 4.42. The lowest BCUT2D eigenvalue weighted by Gasteiger charge is -2.17. The van der Waals surface area contributed by atoms with Gasteiger partial charge in [0.1, 0.15) is 0 Å². The van der Waals surface area contributed by atoms with Crippen LogP contribution in [0.1, 0.15) is 44.5 Å². The molecule has 124 valence electrons. The molecule has 0 spiro atoms. The normalized spacial score (nSPS) is 12.7. The van der Waals surface area contributed by atoms with E-state index >= 15 is 0 Å². The Morgan fingerprint density at radius 2 is 1.83 bits per heavy atom. The second kappa shape index (κ2) is 7.10. The fraction of sp³-hybridized carbons (Fsp3) is 0.333. The van der Waals surface area contributed by atoms with Gasteiger partial charge < -0.3 is 5.73 Å². The van der Waals surface area contributed by atoms with Crippen LogP contribution in [0.5, 0.6) is 0 Å². The Morgan fingerprint density at radius 3 is 2.50 bits per heavy atom. The van der Waals surface area contributed by atoms with Crippen molar-refractivity contribution in [2.45, 2.75) is 39.7 Å². The van der Waals surface area contributed by atoms with Crippen molar-refractivity contribution in [1.29, 1.82) is 0 Å². The number of nitrogens with two attached hydrogens (primary N) is 1. The van der Waals surface area contributed by atoms with Gasteiger partial charge >= 0.3 is 0 Å². The maximum absolute atomic E-state index is 6.43. The number of fused-ring (bicyclic) bond motifs is 1. The van der Waals surface area contributed by atoms with Crippen LogP contribution >= 0.6 is 0 Å².